The van der Waals surface area contributed by atoms with Gasteiger partial charge < -0.3 is 4.90 Å². The molecule has 0 bridgehead atoms. The predicted molar refractivity (Wildman–Crippen MR) is 81.9 cm³/mol. The van der Waals surface area contributed by atoms with Crippen LogP contribution in [0.2, 0.25) is 0 Å². The molecule has 3 rings (SSSR count). The summed E-state index contributed by atoms with van der Waals surface area (Å²) in [5, 5.41) is 0. The highest BCUT2D eigenvalue weighted by Crippen LogP contribution is 2.86. The number of rotatable bonds is 4. The molecule has 0 radical (unpaired) electrons. The first-order chi connectivity index (χ1) is 10.5. The van der Waals surface area contributed by atoms with Gasteiger partial charge in [-0.3, -0.25) is 4.79 Å². The van der Waals surface area contributed by atoms with Gasteiger partial charge in [0.1, 0.15) is 0 Å². The van der Waals surface area contributed by atoms with Crippen LogP contribution in [0.5, 0.6) is 0 Å². The van der Waals surface area contributed by atoms with Crippen molar-refractivity contribution in [3.63, 3.8) is 0 Å². The average molecular weight is 325 g/mol. The Morgan fingerprint density at radius 3 is 1.91 bits per heavy atom. The Kier molecular flexibility index (Phi) is 3.37. The summed E-state index contributed by atoms with van der Waals surface area (Å²) in [4.78, 5) is 14.8. The second-order valence-corrected chi connectivity index (χ2v) is 7.49. The SMILES string of the molecule is CC(C)N(C(=O)C12CC1(c1ccc(C(F)(F)F)cc1)C2)C(C)C. The van der Waals surface area contributed by atoms with Gasteiger partial charge in [-0.25, -0.2) is 0 Å². The van der Waals surface area contributed by atoms with E-state index < -0.39 is 11.7 Å². The van der Waals surface area contributed by atoms with E-state index in [1.165, 1.54) is 0 Å². The van der Waals surface area contributed by atoms with E-state index in [1.807, 2.05) is 32.6 Å². The van der Waals surface area contributed by atoms with E-state index in [0.717, 1.165) is 30.5 Å². The number of alkyl halides is 3. The van der Waals surface area contributed by atoms with Crippen LogP contribution >= 0.6 is 0 Å². The average Bonchev–Trinajstić information content (AvgIpc) is 3.23. The highest BCUT2D eigenvalue weighted by atomic mass is 19.4. The summed E-state index contributed by atoms with van der Waals surface area (Å²) in [5.74, 6) is 0.155. The van der Waals surface area contributed by atoms with Crippen LogP contribution in [0.3, 0.4) is 0 Å². The van der Waals surface area contributed by atoms with Crippen molar-refractivity contribution in [3.8, 4) is 0 Å². The van der Waals surface area contributed by atoms with Crippen LogP contribution in [-0.4, -0.2) is 22.9 Å². The lowest BCUT2D eigenvalue weighted by Crippen LogP contribution is -2.44. The topological polar surface area (TPSA) is 20.3 Å². The minimum Gasteiger partial charge on any atom is -0.337 e. The zero-order chi connectivity index (χ0) is 17.2. The molecular formula is C18H22F3NO. The first-order valence-electron chi connectivity index (χ1n) is 8.06. The number of benzene rings is 1. The molecule has 2 aliphatic rings. The highest BCUT2D eigenvalue weighted by Gasteiger charge is 2.88. The van der Waals surface area contributed by atoms with Crippen LogP contribution in [0, 0.1) is 5.41 Å². The fourth-order valence-corrected chi connectivity index (χ4v) is 4.02. The van der Waals surface area contributed by atoms with Crippen LogP contribution in [0.4, 0.5) is 13.2 Å². The lowest BCUT2D eigenvalue weighted by molar-refractivity contribution is -0.139. The Labute approximate surface area is 134 Å². The number of hydrogen-bond acceptors (Lipinski definition) is 1. The molecular weight excluding hydrogens is 303 g/mol. The molecule has 126 valence electrons. The molecule has 0 saturated heterocycles. The fraction of sp³-hybridized carbons (Fsp3) is 0.611. The molecule has 2 fully saturated rings. The number of halogens is 3. The quantitative estimate of drug-likeness (QED) is 0.804. The number of carbonyl (C=O) groups excluding carboxylic acids is 1. The molecule has 0 atom stereocenters. The number of nitrogens with zero attached hydrogens (tertiary/aromatic N) is 1. The monoisotopic (exact) mass is 325 g/mol. The first-order valence-corrected chi connectivity index (χ1v) is 8.06. The van der Waals surface area contributed by atoms with Gasteiger partial charge in [-0.2, -0.15) is 13.2 Å². The van der Waals surface area contributed by atoms with Crippen molar-refractivity contribution in [2.24, 2.45) is 5.41 Å². The third-order valence-corrected chi connectivity index (χ3v) is 5.39. The number of fused-ring (bicyclic) bond motifs is 1. The maximum Gasteiger partial charge on any atom is 0.416 e. The lowest BCUT2D eigenvalue weighted by Gasteiger charge is -2.32. The third kappa shape index (κ3) is 2.27. The predicted octanol–water partition coefficient (Wildman–Crippen LogP) is 4.38. The Balaban J connectivity index is 1.80. The fourth-order valence-electron chi connectivity index (χ4n) is 4.02. The van der Waals surface area contributed by atoms with Gasteiger partial charge in [-0.05, 0) is 58.2 Å². The molecule has 23 heavy (non-hydrogen) atoms. The van der Waals surface area contributed by atoms with Gasteiger partial charge in [0.05, 0.1) is 11.0 Å². The molecule has 0 spiro atoms. The Hall–Kier alpha value is -1.52. The van der Waals surface area contributed by atoms with E-state index in [9.17, 15) is 18.0 Å². The molecule has 0 aromatic heterocycles. The summed E-state index contributed by atoms with van der Waals surface area (Å²) in [5.41, 5.74) is -0.342. The van der Waals surface area contributed by atoms with Crippen molar-refractivity contribution >= 4 is 5.91 Å². The normalized spacial score (nSPS) is 28.7. The lowest BCUT2D eigenvalue weighted by atomic mass is 10.0. The van der Waals surface area contributed by atoms with Crippen LogP contribution in [0.1, 0.15) is 51.7 Å². The van der Waals surface area contributed by atoms with Crippen LogP contribution in [0.15, 0.2) is 24.3 Å². The third-order valence-electron chi connectivity index (χ3n) is 5.39. The van der Waals surface area contributed by atoms with E-state index in [0.29, 0.717) is 0 Å². The number of carbonyl (C=O) groups is 1. The second-order valence-electron chi connectivity index (χ2n) is 7.49. The molecule has 2 saturated carbocycles. The summed E-state index contributed by atoms with van der Waals surface area (Å²) in [6, 6.07) is 5.59. The minimum absolute atomic E-state index is 0.128. The summed E-state index contributed by atoms with van der Waals surface area (Å²) >= 11 is 0. The molecule has 1 aromatic carbocycles. The van der Waals surface area contributed by atoms with Crippen molar-refractivity contribution in [2.75, 3.05) is 0 Å². The van der Waals surface area contributed by atoms with E-state index >= 15 is 0 Å². The first kappa shape index (κ1) is 16.3. The molecule has 5 heteroatoms. The zero-order valence-corrected chi connectivity index (χ0v) is 13.9. The van der Waals surface area contributed by atoms with Crippen molar-refractivity contribution in [3.05, 3.63) is 35.4 Å². The molecule has 1 amide bonds. The van der Waals surface area contributed by atoms with E-state index in [2.05, 4.69) is 0 Å². The highest BCUT2D eigenvalue weighted by molar-refractivity contribution is 5.95. The van der Waals surface area contributed by atoms with Crippen molar-refractivity contribution < 1.29 is 18.0 Å². The summed E-state index contributed by atoms with van der Waals surface area (Å²) in [6.07, 6.45) is -2.79. The van der Waals surface area contributed by atoms with Gasteiger partial charge in [0, 0.05) is 17.5 Å². The van der Waals surface area contributed by atoms with Crippen LogP contribution < -0.4 is 0 Å². The second kappa shape index (κ2) is 4.74. The van der Waals surface area contributed by atoms with Crippen LogP contribution in [0.25, 0.3) is 0 Å². The maximum atomic E-state index is 12.9. The molecule has 2 nitrogen and oxygen atoms in total. The van der Waals surface area contributed by atoms with Gasteiger partial charge >= 0.3 is 6.18 Å². The van der Waals surface area contributed by atoms with Gasteiger partial charge in [0.25, 0.3) is 0 Å². The molecule has 0 heterocycles. The van der Waals surface area contributed by atoms with Crippen molar-refractivity contribution in [1.29, 1.82) is 0 Å². The molecule has 0 N–H and O–H groups in total. The molecule has 2 aliphatic carbocycles. The smallest absolute Gasteiger partial charge is 0.337 e. The molecule has 0 aliphatic heterocycles. The van der Waals surface area contributed by atoms with Crippen molar-refractivity contribution in [2.45, 2.75) is 64.2 Å². The van der Waals surface area contributed by atoms with E-state index in [4.69, 9.17) is 0 Å². The Bertz CT molecular complexity index is 617. The summed E-state index contributed by atoms with van der Waals surface area (Å²) in [7, 11) is 0. The summed E-state index contributed by atoms with van der Waals surface area (Å²) < 4.78 is 38.0. The molecule has 0 unspecified atom stereocenters. The minimum atomic E-state index is -4.32. The zero-order valence-electron chi connectivity index (χ0n) is 13.9. The van der Waals surface area contributed by atoms with Gasteiger partial charge in [-0.1, -0.05) is 12.1 Å². The molecule has 1 aromatic rings. The number of hydrogen-bond donors (Lipinski definition) is 0. The Morgan fingerprint density at radius 1 is 1.04 bits per heavy atom. The number of amides is 1. The van der Waals surface area contributed by atoms with Gasteiger partial charge in [-0.15, -0.1) is 0 Å². The largest absolute Gasteiger partial charge is 0.416 e. The maximum absolute atomic E-state index is 12.9. The van der Waals surface area contributed by atoms with E-state index in [-0.39, 0.29) is 28.8 Å². The van der Waals surface area contributed by atoms with Gasteiger partial charge in [0.15, 0.2) is 0 Å². The van der Waals surface area contributed by atoms with Crippen molar-refractivity contribution in [1.82, 2.24) is 4.90 Å². The summed E-state index contributed by atoms with van der Waals surface area (Å²) in [6.45, 7) is 8.00. The standard InChI is InChI=1S/C18H22F3NO/c1-11(2)22(12(3)4)15(23)17-9-16(17,10-17)13-5-7-14(8-6-13)18(19,20)21/h5-8,11-12H,9-10H2,1-4H3. The Morgan fingerprint density at radius 2 is 1.52 bits per heavy atom. The van der Waals surface area contributed by atoms with Gasteiger partial charge in [0.2, 0.25) is 5.91 Å². The van der Waals surface area contributed by atoms with E-state index in [1.54, 1.807) is 12.1 Å². The van der Waals surface area contributed by atoms with Crippen LogP contribution in [-0.2, 0) is 16.4 Å².